The van der Waals surface area contributed by atoms with E-state index < -0.39 is 0 Å². The van der Waals surface area contributed by atoms with Crippen LogP contribution < -0.4 is 5.32 Å². The van der Waals surface area contributed by atoms with Crippen LogP contribution in [0.4, 0.5) is 0 Å². The van der Waals surface area contributed by atoms with Crippen molar-refractivity contribution in [3.63, 3.8) is 0 Å². The van der Waals surface area contributed by atoms with Crippen LogP contribution in [0.1, 0.15) is 22.8 Å². The minimum atomic E-state index is -0.0855. The molecule has 6 heteroatoms. The van der Waals surface area contributed by atoms with Crippen LogP contribution >= 0.6 is 11.3 Å². The van der Waals surface area contributed by atoms with Crippen LogP contribution in [0, 0.1) is 0 Å². The van der Waals surface area contributed by atoms with Gasteiger partial charge in [0.1, 0.15) is 11.0 Å². The molecule has 102 valence electrons. The lowest BCUT2D eigenvalue weighted by molar-refractivity contribution is 0.0940. The fraction of sp³-hybridized carbons (Fsp3) is 0.214. The molecule has 20 heavy (non-hydrogen) atoms. The maximum Gasteiger partial charge on any atom is 0.251 e. The fourth-order valence-corrected chi connectivity index (χ4v) is 2.78. The molecule has 3 rings (SSSR count). The Morgan fingerprint density at radius 2 is 2.20 bits per heavy atom. The normalized spacial score (nSPS) is 12.4. The zero-order chi connectivity index (χ0) is 13.9. The maximum atomic E-state index is 12.2. The Hall–Kier alpha value is -2.21. The smallest absolute Gasteiger partial charge is 0.251 e. The number of thiophene rings is 1. The van der Waals surface area contributed by atoms with Crippen molar-refractivity contribution in [1.29, 1.82) is 0 Å². The SMILES string of the molecule is CC(Cc1ccsc1)NC(=O)c1ccc2n[nH]nc2c1. The molecular weight excluding hydrogens is 272 g/mol. The van der Waals surface area contributed by atoms with Crippen molar-refractivity contribution in [2.24, 2.45) is 0 Å². The monoisotopic (exact) mass is 286 g/mol. The van der Waals surface area contributed by atoms with Gasteiger partial charge in [-0.15, -0.1) is 0 Å². The van der Waals surface area contributed by atoms with E-state index in [1.807, 2.05) is 12.3 Å². The minimum Gasteiger partial charge on any atom is -0.349 e. The fourth-order valence-electron chi connectivity index (χ4n) is 2.10. The van der Waals surface area contributed by atoms with Crippen LogP contribution in [0.15, 0.2) is 35.0 Å². The van der Waals surface area contributed by atoms with Gasteiger partial charge in [0.25, 0.3) is 5.91 Å². The molecule has 1 aromatic carbocycles. The molecule has 0 aliphatic carbocycles. The van der Waals surface area contributed by atoms with Gasteiger partial charge in [-0.25, -0.2) is 0 Å². The average Bonchev–Trinajstić information content (AvgIpc) is 3.07. The lowest BCUT2D eigenvalue weighted by Crippen LogP contribution is -2.33. The Morgan fingerprint density at radius 3 is 3.00 bits per heavy atom. The van der Waals surface area contributed by atoms with E-state index in [9.17, 15) is 4.79 Å². The standard InChI is InChI=1S/C14H14N4OS/c1-9(6-10-4-5-20-8-10)15-14(19)11-2-3-12-13(7-11)17-18-16-12/h2-5,7-9H,6H2,1H3,(H,15,19)(H,16,17,18). The predicted molar refractivity (Wildman–Crippen MR) is 78.8 cm³/mol. The third kappa shape index (κ3) is 2.70. The molecule has 0 saturated heterocycles. The van der Waals surface area contributed by atoms with E-state index in [1.54, 1.807) is 29.5 Å². The number of amides is 1. The number of carbonyl (C=O) groups excluding carboxylic acids is 1. The number of hydrogen-bond donors (Lipinski definition) is 2. The largest absolute Gasteiger partial charge is 0.349 e. The molecule has 0 spiro atoms. The second-order valence-electron chi connectivity index (χ2n) is 4.74. The molecule has 1 amide bonds. The highest BCUT2D eigenvalue weighted by atomic mass is 32.1. The molecule has 1 unspecified atom stereocenters. The first kappa shape index (κ1) is 12.8. The molecule has 2 N–H and O–H groups in total. The number of hydrogen-bond acceptors (Lipinski definition) is 4. The lowest BCUT2D eigenvalue weighted by Gasteiger charge is -2.13. The number of rotatable bonds is 4. The zero-order valence-electron chi connectivity index (χ0n) is 11.0. The lowest BCUT2D eigenvalue weighted by atomic mass is 10.1. The highest BCUT2D eigenvalue weighted by Gasteiger charge is 2.12. The van der Waals surface area contributed by atoms with Crippen LogP contribution in [0.2, 0.25) is 0 Å². The number of aromatic amines is 1. The minimum absolute atomic E-state index is 0.0855. The number of fused-ring (bicyclic) bond motifs is 1. The topological polar surface area (TPSA) is 70.7 Å². The Labute approximate surface area is 120 Å². The molecular formula is C14H14N4OS. The van der Waals surface area contributed by atoms with Crippen LogP contribution in [0.25, 0.3) is 11.0 Å². The summed E-state index contributed by atoms with van der Waals surface area (Å²) in [5, 5.41) is 17.6. The predicted octanol–water partition coefficient (Wildman–Crippen LogP) is 2.38. The summed E-state index contributed by atoms with van der Waals surface area (Å²) in [5.41, 5.74) is 3.30. The summed E-state index contributed by atoms with van der Waals surface area (Å²) >= 11 is 1.67. The first-order valence-corrected chi connectivity index (χ1v) is 7.29. The Balaban J connectivity index is 1.68. The zero-order valence-corrected chi connectivity index (χ0v) is 11.8. The number of benzene rings is 1. The summed E-state index contributed by atoms with van der Waals surface area (Å²) in [6, 6.07) is 7.46. The molecule has 2 heterocycles. The summed E-state index contributed by atoms with van der Waals surface area (Å²) in [5.74, 6) is -0.0855. The first-order chi connectivity index (χ1) is 9.72. The second kappa shape index (κ2) is 5.42. The van der Waals surface area contributed by atoms with Gasteiger partial charge >= 0.3 is 0 Å². The van der Waals surface area contributed by atoms with Gasteiger partial charge in [-0.1, -0.05) is 0 Å². The molecule has 0 aliphatic heterocycles. The van der Waals surface area contributed by atoms with Gasteiger partial charge in [-0.05, 0) is 53.9 Å². The number of aromatic nitrogens is 3. The van der Waals surface area contributed by atoms with Crippen molar-refractivity contribution in [3.05, 3.63) is 46.2 Å². The summed E-state index contributed by atoms with van der Waals surface area (Å²) < 4.78 is 0. The molecule has 0 aliphatic rings. The van der Waals surface area contributed by atoms with Crippen LogP contribution in [0.3, 0.4) is 0 Å². The van der Waals surface area contributed by atoms with E-state index in [0.717, 1.165) is 11.9 Å². The summed E-state index contributed by atoms with van der Waals surface area (Å²) in [6.07, 6.45) is 0.835. The van der Waals surface area contributed by atoms with Crippen molar-refractivity contribution in [1.82, 2.24) is 20.7 Å². The molecule has 0 radical (unpaired) electrons. The Morgan fingerprint density at radius 1 is 1.35 bits per heavy atom. The number of carbonyl (C=O) groups is 1. The van der Waals surface area contributed by atoms with E-state index in [4.69, 9.17) is 0 Å². The van der Waals surface area contributed by atoms with Gasteiger partial charge in [0.2, 0.25) is 0 Å². The molecule has 2 aromatic heterocycles. The van der Waals surface area contributed by atoms with Crippen molar-refractivity contribution < 1.29 is 4.79 Å². The molecule has 3 aromatic rings. The summed E-state index contributed by atoms with van der Waals surface area (Å²) in [7, 11) is 0. The Kier molecular flexibility index (Phi) is 3.47. The molecule has 0 bridgehead atoms. The van der Waals surface area contributed by atoms with Gasteiger partial charge in [0.15, 0.2) is 0 Å². The van der Waals surface area contributed by atoms with Gasteiger partial charge in [0.05, 0.1) is 0 Å². The van der Waals surface area contributed by atoms with E-state index >= 15 is 0 Å². The van der Waals surface area contributed by atoms with Crippen molar-refractivity contribution >= 4 is 28.3 Å². The quantitative estimate of drug-likeness (QED) is 0.773. The van der Waals surface area contributed by atoms with Crippen LogP contribution in [-0.2, 0) is 6.42 Å². The molecule has 1 atom stereocenters. The van der Waals surface area contributed by atoms with Crippen molar-refractivity contribution in [2.75, 3.05) is 0 Å². The van der Waals surface area contributed by atoms with E-state index in [-0.39, 0.29) is 11.9 Å². The van der Waals surface area contributed by atoms with Gasteiger partial charge in [-0.3, -0.25) is 4.79 Å². The first-order valence-electron chi connectivity index (χ1n) is 6.35. The van der Waals surface area contributed by atoms with Crippen LogP contribution in [0.5, 0.6) is 0 Å². The summed E-state index contributed by atoms with van der Waals surface area (Å²) in [6.45, 7) is 2.00. The molecule has 5 nitrogen and oxygen atoms in total. The summed E-state index contributed by atoms with van der Waals surface area (Å²) in [4.78, 5) is 12.2. The second-order valence-corrected chi connectivity index (χ2v) is 5.52. The third-order valence-electron chi connectivity index (χ3n) is 3.08. The highest BCUT2D eigenvalue weighted by Crippen LogP contribution is 2.12. The van der Waals surface area contributed by atoms with Crippen molar-refractivity contribution in [3.8, 4) is 0 Å². The molecule has 0 fully saturated rings. The maximum absolute atomic E-state index is 12.2. The average molecular weight is 286 g/mol. The van der Waals surface area contributed by atoms with E-state index in [2.05, 4.69) is 32.2 Å². The number of nitrogens with one attached hydrogen (secondary N) is 2. The highest BCUT2D eigenvalue weighted by molar-refractivity contribution is 7.07. The van der Waals surface area contributed by atoms with Gasteiger partial charge in [0, 0.05) is 11.6 Å². The van der Waals surface area contributed by atoms with E-state index in [0.29, 0.717) is 11.1 Å². The van der Waals surface area contributed by atoms with E-state index in [1.165, 1.54) is 5.56 Å². The van der Waals surface area contributed by atoms with Gasteiger partial charge < -0.3 is 5.32 Å². The molecule has 0 saturated carbocycles. The number of nitrogens with zero attached hydrogens (tertiary/aromatic N) is 2. The van der Waals surface area contributed by atoms with Crippen LogP contribution in [-0.4, -0.2) is 27.4 Å². The van der Waals surface area contributed by atoms with Crippen molar-refractivity contribution in [2.45, 2.75) is 19.4 Å². The third-order valence-corrected chi connectivity index (χ3v) is 3.81. The number of H-pyrrole nitrogens is 1. The van der Waals surface area contributed by atoms with Gasteiger partial charge in [-0.2, -0.15) is 26.7 Å². The Bertz CT molecular complexity index is 720.